The lowest BCUT2D eigenvalue weighted by Crippen LogP contribution is -2.32. The number of sulfonamides is 1. The number of aromatic nitrogens is 2. The highest BCUT2D eigenvalue weighted by Gasteiger charge is 2.35. The van der Waals surface area contributed by atoms with Crippen LogP contribution in [0.5, 0.6) is 0 Å². The minimum Gasteiger partial charge on any atom is -0.326 e. The molecule has 1 aliphatic heterocycles. The number of hydrogen-bond donors (Lipinski definition) is 1. The van der Waals surface area contributed by atoms with Crippen LogP contribution in [-0.4, -0.2) is 41.6 Å². The van der Waals surface area contributed by atoms with Gasteiger partial charge in [0.2, 0.25) is 10.0 Å². The molecule has 0 amide bonds. The Bertz CT molecular complexity index is 539. The number of aryl methyl sites for hydroxylation is 2. The van der Waals surface area contributed by atoms with Crippen LogP contribution in [0.15, 0.2) is 4.90 Å². The van der Waals surface area contributed by atoms with E-state index >= 15 is 0 Å². The third-order valence-electron chi connectivity index (χ3n) is 2.89. The van der Waals surface area contributed by atoms with Crippen LogP contribution in [-0.2, 0) is 17.1 Å². The Balaban J connectivity index is 2.45. The van der Waals surface area contributed by atoms with Crippen LogP contribution in [0.2, 0.25) is 5.15 Å². The van der Waals surface area contributed by atoms with Gasteiger partial charge in [0, 0.05) is 26.2 Å². The highest BCUT2D eigenvalue weighted by Crippen LogP contribution is 2.28. The van der Waals surface area contributed by atoms with E-state index in [1.807, 2.05) is 0 Å². The topological polar surface area (TPSA) is 81.2 Å². The van der Waals surface area contributed by atoms with E-state index in [-0.39, 0.29) is 16.1 Å². The van der Waals surface area contributed by atoms with Crippen LogP contribution in [0.4, 0.5) is 0 Å². The summed E-state index contributed by atoms with van der Waals surface area (Å²) < 4.78 is 27.5. The maximum absolute atomic E-state index is 12.4. The zero-order chi connectivity index (χ0) is 12.8. The Morgan fingerprint density at radius 2 is 2.18 bits per heavy atom. The molecule has 1 aromatic rings. The Labute approximate surface area is 105 Å². The van der Waals surface area contributed by atoms with Crippen molar-refractivity contribution in [3.8, 4) is 0 Å². The van der Waals surface area contributed by atoms with E-state index in [2.05, 4.69) is 5.10 Å². The van der Waals surface area contributed by atoms with E-state index in [1.165, 1.54) is 8.99 Å². The third kappa shape index (κ3) is 2.08. The van der Waals surface area contributed by atoms with Crippen molar-refractivity contribution in [2.75, 3.05) is 13.1 Å². The fourth-order valence-corrected chi connectivity index (χ4v) is 4.22. The molecule has 1 atom stereocenters. The first-order valence-corrected chi connectivity index (χ1v) is 7.10. The van der Waals surface area contributed by atoms with Gasteiger partial charge in [-0.3, -0.25) is 4.68 Å². The summed E-state index contributed by atoms with van der Waals surface area (Å²) in [4.78, 5) is 0.0933. The summed E-state index contributed by atoms with van der Waals surface area (Å²) in [5, 5.41) is 4.16. The summed E-state index contributed by atoms with van der Waals surface area (Å²) >= 11 is 5.98. The Morgan fingerprint density at radius 1 is 1.53 bits per heavy atom. The molecule has 1 aromatic heterocycles. The fraction of sp³-hybridized carbons (Fsp3) is 0.667. The van der Waals surface area contributed by atoms with Gasteiger partial charge in [0.05, 0.1) is 5.69 Å². The molecule has 0 aliphatic carbocycles. The van der Waals surface area contributed by atoms with E-state index in [1.54, 1.807) is 14.0 Å². The van der Waals surface area contributed by atoms with Gasteiger partial charge in [-0.15, -0.1) is 0 Å². The van der Waals surface area contributed by atoms with E-state index in [4.69, 9.17) is 17.3 Å². The highest BCUT2D eigenvalue weighted by molar-refractivity contribution is 7.89. The summed E-state index contributed by atoms with van der Waals surface area (Å²) in [6.45, 7) is 2.41. The lowest BCUT2D eigenvalue weighted by molar-refractivity contribution is 0.472. The van der Waals surface area contributed by atoms with Crippen LogP contribution >= 0.6 is 11.6 Å². The van der Waals surface area contributed by atoms with Crippen molar-refractivity contribution < 1.29 is 8.42 Å². The van der Waals surface area contributed by atoms with Gasteiger partial charge in [-0.25, -0.2) is 8.42 Å². The maximum Gasteiger partial charge on any atom is 0.248 e. The molecule has 96 valence electrons. The van der Waals surface area contributed by atoms with Crippen molar-refractivity contribution >= 4 is 21.6 Å². The molecule has 0 radical (unpaired) electrons. The largest absolute Gasteiger partial charge is 0.326 e. The van der Waals surface area contributed by atoms with Crippen molar-refractivity contribution in [3.05, 3.63) is 10.8 Å². The molecule has 8 heteroatoms. The Morgan fingerprint density at radius 3 is 2.59 bits per heavy atom. The lowest BCUT2D eigenvalue weighted by atomic mass is 10.3. The second-order valence-corrected chi connectivity index (χ2v) is 6.47. The standard InChI is InChI=1S/C9H15ClN4O2S/c1-6-8(9(10)13(2)12-6)17(15,16)14-4-3-7(11)5-14/h7H,3-5,11H2,1-2H3/t7-/m1/s1. The third-order valence-corrected chi connectivity index (χ3v) is 5.45. The van der Waals surface area contributed by atoms with Crippen molar-refractivity contribution in [2.45, 2.75) is 24.3 Å². The summed E-state index contributed by atoms with van der Waals surface area (Å²) in [5.41, 5.74) is 6.14. The van der Waals surface area contributed by atoms with E-state index in [9.17, 15) is 8.42 Å². The van der Waals surface area contributed by atoms with Crippen molar-refractivity contribution in [1.29, 1.82) is 0 Å². The molecule has 2 N–H and O–H groups in total. The highest BCUT2D eigenvalue weighted by atomic mass is 35.5. The van der Waals surface area contributed by atoms with Gasteiger partial charge in [0.15, 0.2) is 0 Å². The van der Waals surface area contributed by atoms with Gasteiger partial charge in [-0.2, -0.15) is 9.40 Å². The summed E-state index contributed by atoms with van der Waals surface area (Å²) in [7, 11) is -1.96. The smallest absolute Gasteiger partial charge is 0.248 e. The number of hydrogen-bond acceptors (Lipinski definition) is 4. The average molecular weight is 279 g/mol. The van der Waals surface area contributed by atoms with Gasteiger partial charge in [-0.1, -0.05) is 11.6 Å². The number of rotatable bonds is 2. The molecule has 0 saturated carbocycles. The van der Waals surface area contributed by atoms with Crippen molar-refractivity contribution in [2.24, 2.45) is 12.8 Å². The monoisotopic (exact) mass is 278 g/mol. The molecular weight excluding hydrogens is 264 g/mol. The second kappa shape index (κ2) is 4.24. The van der Waals surface area contributed by atoms with E-state index in [0.29, 0.717) is 25.2 Å². The second-order valence-electron chi connectivity index (χ2n) is 4.24. The summed E-state index contributed by atoms with van der Waals surface area (Å²) in [6.07, 6.45) is 0.677. The zero-order valence-electron chi connectivity index (χ0n) is 9.72. The van der Waals surface area contributed by atoms with Crippen LogP contribution in [0.1, 0.15) is 12.1 Å². The van der Waals surface area contributed by atoms with Gasteiger partial charge in [-0.05, 0) is 13.3 Å². The van der Waals surface area contributed by atoms with Crippen LogP contribution in [0, 0.1) is 6.92 Å². The van der Waals surface area contributed by atoms with Gasteiger partial charge < -0.3 is 5.73 Å². The molecule has 6 nitrogen and oxygen atoms in total. The number of nitrogens with two attached hydrogens (primary N) is 1. The molecular formula is C9H15ClN4O2S. The molecule has 1 saturated heterocycles. The molecule has 2 heterocycles. The Kier molecular flexibility index (Phi) is 3.19. The molecule has 2 rings (SSSR count). The predicted octanol–water partition coefficient (Wildman–Crippen LogP) is 0.104. The lowest BCUT2D eigenvalue weighted by Gasteiger charge is -2.15. The van der Waals surface area contributed by atoms with Crippen LogP contribution < -0.4 is 5.73 Å². The minimum atomic E-state index is -3.57. The maximum atomic E-state index is 12.4. The average Bonchev–Trinajstić information content (AvgIpc) is 2.73. The predicted molar refractivity (Wildman–Crippen MR) is 64.3 cm³/mol. The molecule has 0 aromatic carbocycles. The first-order chi connectivity index (χ1) is 7.84. The molecule has 0 spiro atoms. The molecule has 1 aliphatic rings. The Hall–Kier alpha value is -0.630. The van der Waals surface area contributed by atoms with E-state index in [0.717, 1.165) is 0 Å². The molecule has 0 unspecified atom stereocenters. The minimum absolute atomic E-state index is 0.0933. The molecule has 0 bridgehead atoms. The van der Waals surface area contributed by atoms with Crippen molar-refractivity contribution in [1.82, 2.24) is 14.1 Å². The first-order valence-electron chi connectivity index (χ1n) is 5.29. The summed E-state index contributed by atoms with van der Waals surface area (Å²) in [6, 6.07) is -0.0967. The summed E-state index contributed by atoms with van der Waals surface area (Å²) in [5.74, 6) is 0. The first kappa shape index (κ1) is 12.8. The van der Waals surface area contributed by atoms with Gasteiger partial charge in [0.25, 0.3) is 0 Å². The van der Waals surface area contributed by atoms with Crippen molar-refractivity contribution in [3.63, 3.8) is 0 Å². The van der Waals surface area contributed by atoms with Gasteiger partial charge in [0.1, 0.15) is 10.0 Å². The zero-order valence-corrected chi connectivity index (χ0v) is 11.3. The van der Waals surface area contributed by atoms with Crippen LogP contribution in [0.25, 0.3) is 0 Å². The molecule has 1 fully saturated rings. The normalized spacial score (nSPS) is 22.2. The molecule has 17 heavy (non-hydrogen) atoms. The van der Waals surface area contributed by atoms with Crippen LogP contribution in [0.3, 0.4) is 0 Å². The SMILES string of the molecule is Cc1nn(C)c(Cl)c1S(=O)(=O)N1CC[C@@H](N)C1. The fourth-order valence-electron chi connectivity index (χ4n) is 2.00. The van der Waals surface area contributed by atoms with E-state index < -0.39 is 10.0 Å². The van der Waals surface area contributed by atoms with Gasteiger partial charge >= 0.3 is 0 Å². The number of halogens is 1. The number of nitrogens with zero attached hydrogens (tertiary/aromatic N) is 3. The quantitative estimate of drug-likeness (QED) is 0.832.